The summed E-state index contributed by atoms with van der Waals surface area (Å²) in [6.07, 6.45) is 5.07. The summed E-state index contributed by atoms with van der Waals surface area (Å²) in [7, 11) is 1.63. The molecule has 0 unspecified atom stereocenters. The van der Waals surface area contributed by atoms with E-state index in [0.29, 0.717) is 12.6 Å². The largest absolute Gasteiger partial charge is 0.497 e. The Labute approximate surface area is 115 Å². The van der Waals surface area contributed by atoms with Crippen molar-refractivity contribution in [2.24, 2.45) is 0 Å². The van der Waals surface area contributed by atoms with E-state index in [4.69, 9.17) is 4.74 Å². The predicted octanol–water partition coefficient (Wildman–Crippen LogP) is 3.14. The van der Waals surface area contributed by atoms with Crippen LogP contribution in [0.5, 0.6) is 5.75 Å². The number of hydrogen-bond donors (Lipinski definition) is 0. The van der Waals surface area contributed by atoms with Crippen LogP contribution in [0.15, 0.2) is 24.3 Å². The summed E-state index contributed by atoms with van der Waals surface area (Å²) in [5, 5.41) is 0. The summed E-state index contributed by atoms with van der Waals surface area (Å²) in [4.78, 5) is 14.7. The Hall–Kier alpha value is -1.35. The number of carbonyl (C=O) groups excluding carboxylic acids is 1. The Bertz CT molecular complexity index is 425. The fraction of sp³-hybridized carbons (Fsp3) is 0.562. The van der Waals surface area contributed by atoms with Crippen LogP contribution in [-0.2, 0) is 0 Å². The van der Waals surface area contributed by atoms with Gasteiger partial charge in [-0.05, 0) is 31.5 Å². The van der Waals surface area contributed by atoms with E-state index in [-0.39, 0.29) is 5.78 Å². The average Bonchev–Trinajstić information content (AvgIpc) is 2.98. The molecular weight excluding hydrogens is 238 g/mol. The van der Waals surface area contributed by atoms with Gasteiger partial charge in [-0.1, -0.05) is 31.9 Å². The average molecular weight is 261 g/mol. The van der Waals surface area contributed by atoms with Crippen LogP contribution in [0.2, 0.25) is 0 Å². The standard InChI is InChI=1S/C16H23NO2/c1-3-17(14-8-4-5-9-14)12-16(18)13-7-6-10-15(11-13)19-2/h6-7,10-11,14H,3-5,8-9,12H2,1-2H3. The molecule has 0 N–H and O–H groups in total. The smallest absolute Gasteiger partial charge is 0.176 e. The van der Waals surface area contributed by atoms with E-state index >= 15 is 0 Å². The number of hydrogen-bond acceptors (Lipinski definition) is 3. The van der Waals surface area contributed by atoms with Crippen molar-refractivity contribution in [3.63, 3.8) is 0 Å². The van der Waals surface area contributed by atoms with Gasteiger partial charge in [-0.25, -0.2) is 0 Å². The van der Waals surface area contributed by atoms with Crippen LogP contribution in [0.3, 0.4) is 0 Å². The molecule has 19 heavy (non-hydrogen) atoms. The highest BCUT2D eigenvalue weighted by atomic mass is 16.5. The van der Waals surface area contributed by atoms with Gasteiger partial charge in [0.25, 0.3) is 0 Å². The molecule has 1 aliphatic carbocycles. The topological polar surface area (TPSA) is 29.5 Å². The van der Waals surface area contributed by atoms with Crippen molar-refractivity contribution in [1.82, 2.24) is 4.90 Å². The molecule has 0 amide bonds. The Morgan fingerprint density at radius 3 is 2.74 bits per heavy atom. The van der Waals surface area contributed by atoms with Gasteiger partial charge in [0.05, 0.1) is 13.7 Å². The normalized spacial score (nSPS) is 15.9. The van der Waals surface area contributed by atoms with Gasteiger partial charge < -0.3 is 4.74 Å². The van der Waals surface area contributed by atoms with Gasteiger partial charge in [0.2, 0.25) is 0 Å². The van der Waals surface area contributed by atoms with Gasteiger partial charge in [0.1, 0.15) is 5.75 Å². The summed E-state index contributed by atoms with van der Waals surface area (Å²) in [5.41, 5.74) is 0.746. The highest BCUT2D eigenvalue weighted by Gasteiger charge is 2.23. The molecule has 104 valence electrons. The number of methoxy groups -OCH3 is 1. The molecule has 0 spiro atoms. The molecule has 0 heterocycles. The third-order valence-corrected chi connectivity index (χ3v) is 3.99. The fourth-order valence-electron chi connectivity index (χ4n) is 2.84. The summed E-state index contributed by atoms with van der Waals surface area (Å²) < 4.78 is 5.17. The third-order valence-electron chi connectivity index (χ3n) is 3.99. The van der Waals surface area contributed by atoms with Gasteiger partial charge in [0, 0.05) is 11.6 Å². The third kappa shape index (κ3) is 3.57. The lowest BCUT2D eigenvalue weighted by Gasteiger charge is -2.26. The highest BCUT2D eigenvalue weighted by Crippen LogP contribution is 2.23. The van der Waals surface area contributed by atoms with Crippen molar-refractivity contribution >= 4 is 5.78 Å². The number of nitrogens with zero attached hydrogens (tertiary/aromatic N) is 1. The zero-order chi connectivity index (χ0) is 13.7. The number of ether oxygens (including phenoxy) is 1. The van der Waals surface area contributed by atoms with E-state index in [2.05, 4.69) is 11.8 Å². The molecule has 0 aliphatic heterocycles. The molecule has 3 heteroatoms. The lowest BCUT2D eigenvalue weighted by Crippen LogP contribution is -2.37. The quantitative estimate of drug-likeness (QED) is 0.737. The van der Waals surface area contributed by atoms with Crippen molar-refractivity contribution in [1.29, 1.82) is 0 Å². The SMILES string of the molecule is CCN(CC(=O)c1cccc(OC)c1)C1CCCC1. The van der Waals surface area contributed by atoms with E-state index in [0.717, 1.165) is 17.9 Å². The van der Waals surface area contributed by atoms with Gasteiger partial charge in [-0.15, -0.1) is 0 Å². The van der Waals surface area contributed by atoms with Crippen molar-refractivity contribution in [3.05, 3.63) is 29.8 Å². The second kappa shape index (κ2) is 6.71. The number of benzene rings is 1. The predicted molar refractivity (Wildman–Crippen MR) is 76.8 cm³/mol. The minimum absolute atomic E-state index is 0.188. The Balaban J connectivity index is 2.01. The molecule has 0 bridgehead atoms. The first-order chi connectivity index (χ1) is 9.24. The van der Waals surface area contributed by atoms with Gasteiger partial charge in [0.15, 0.2) is 5.78 Å². The van der Waals surface area contributed by atoms with Gasteiger partial charge in [-0.3, -0.25) is 9.69 Å². The van der Waals surface area contributed by atoms with Crippen molar-refractivity contribution in [2.75, 3.05) is 20.2 Å². The number of ketones is 1. The molecule has 2 rings (SSSR count). The summed E-state index contributed by atoms with van der Waals surface area (Å²) >= 11 is 0. The van der Waals surface area contributed by atoms with Crippen molar-refractivity contribution in [3.8, 4) is 5.75 Å². The second-order valence-corrected chi connectivity index (χ2v) is 5.16. The summed E-state index contributed by atoms with van der Waals surface area (Å²) in [6, 6.07) is 8.03. The van der Waals surface area contributed by atoms with Gasteiger partial charge >= 0.3 is 0 Å². The lowest BCUT2D eigenvalue weighted by atomic mass is 10.1. The zero-order valence-electron chi connectivity index (χ0n) is 11.9. The van der Waals surface area contributed by atoms with Crippen molar-refractivity contribution in [2.45, 2.75) is 38.6 Å². The van der Waals surface area contributed by atoms with Crippen LogP contribution in [0.1, 0.15) is 43.0 Å². The Morgan fingerprint density at radius 2 is 2.11 bits per heavy atom. The monoisotopic (exact) mass is 261 g/mol. The number of likely N-dealkylation sites (N-methyl/N-ethyl adjacent to an activating group) is 1. The van der Waals surface area contributed by atoms with Gasteiger partial charge in [-0.2, -0.15) is 0 Å². The molecular formula is C16H23NO2. The number of carbonyl (C=O) groups is 1. The minimum Gasteiger partial charge on any atom is -0.497 e. The molecule has 0 radical (unpaired) electrons. The first-order valence-corrected chi connectivity index (χ1v) is 7.16. The summed E-state index contributed by atoms with van der Waals surface area (Å²) in [6.45, 7) is 3.60. The van der Waals surface area contributed by atoms with Crippen molar-refractivity contribution < 1.29 is 9.53 Å². The fourth-order valence-corrected chi connectivity index (χ4v) is 2.84. The molecule has 1 aromatic carbocycles. The van der Waals surface area contributed by atoms with Crippen LogP contribution in [0.25, 0.3) is 0 Å². The second-order valence-electron chi connectivity index (χ2n) is 5.16. The summed E-state index contributed by atoms with van der Waals surface area (Å²) in [5.74, 6) is 0.933. The van der Waals surface area contributed by atoms with E-state index in [1.807, 2.05) is 24.3 Å². The molecule has 0 aromatic heterocycles. The Kier molecular flexibility index (Phi) is 4.97. The maximum Gasteiger partial charge on any atom is 0.176 e. The maximum atomic E-state index is 12.3. The maximum absolute atomic E-state index is 12.3. The number of rotatable bonds is 6. The zero-order valence-corrected chi connectivity index (χ0v) is 11.9. The lowest BCUT2D eigenvalue weighted by molar-refractivity contribution is 0.0899. The first kappa shape index (κ1) is 14.1. The first-order valence-electron chi connectivity index (χ1n) is 7.16. The molecule has 3 nitrogen and oxygen atoms in total. The molecule has 0 atom stereocenters. The molecule has 1 saturated carbocycles. The highest BCUT2D eigenvalue weighted by molar-refractivity contribution is 5.97. The molecule has 1 fully saturated rings. The number of Topliss-reactive ketones (excluding diaryl/α,β-unsaturated/α-hetero) is 1. The van der Waals surface area contributed by atoms with E-state index in [1.54, 1.807) is 7.11 Å². The molecule has 0 saturated heterocycles. The van der Waals surface area contributed by atoms with Crippen LogP contribution in [0.4, 0.5) is 0 Å². The Morgan fingerprint density at radius 1 is 1.37 bits per heavy atom. The minimum atomic E-state index is 0.188. The van der Waals surface area contributed by atoms with Crippen LogP contribution >= 0.6 is 0 Å². The van der Waals surface area contributed by atoms with E-state index < -0.39 is 0 Å². The van der Waals surface area contributed by atoms with Crippen LogP contribution in [-0.4, -0.2) is 36.9 Å². The van der Waals surface area contributed by atoms with E-state index in [9.17, 15) is 4.79 Å². The van der Waals surface area contributed by atoms with Crippen LogP contribution in [0, 0.1) is 0 Å². The molecule has 1 aromatic rings. The molecule has 1 aliphatic rings. The van der Waals surface area contributed by atoms with E-state index in [1.165, 1.54) is 25.7 Å². The van der Waals surface area contributed by atoms with Crippen LogP contribution < -0.4 is 4.74 Å².